The number of hydrogen-bond donors (Lipinski definition) is 2. The van der Waals surface area contributed by atoms with Crippen LogP contribution in [0.1, 0.15) is 0 Å². The van der Waals surface area contributed by atoms with Gasteiger partial charge in [-0.1, -0.05) is 0 Å². The van der Waals surface area contributed by atoms with Crippen molar-refractivity contribution < 1.29 is 4.74 Å². The number of aromatic amines is 1. The highest BCUT2D eigenvalue weighted by molar-refractivity contribution is 5.47. The molecule has 1 aromatic rings. The summed E-state index contributed by atoms with van der Waals surface area (Å²) >= 11 is 0. The first-order valence-electron chi connectivity index (χ1n) is 2.31. The zero-order chi connectivity index (χ0) is 5.98. The van der Waals surface area contributed by atoms with Crippen molar-refractivity contribution in [3.05, 3.63) is 12.3 Å². The lowest BCUT2D eigenvalue weighted by molar-refractivity contribution is 0.402. The lowest BCUT2D eigenvalue weighted by Crippen LogP contribution is -1.87. The normalized spacial score (nSPS) is 9.12. The second-order valence-corrected chi connectivity index (χ2v) is 1.47. The van der Waals surface area contributed by atoms with Crippen molar-refractivity contribution in [2.24, 2.45) is 0 Å². The topological polar surface area (TPSA) is 51.0 Å². The molecule has 1 aromatic heterocycles. The Morgan fingerprint density at radius 2 is 2.50 bits per heavy atom. The number of nitrogen functional groups attached to an aromatic ring is 1. The molecule has 1 rings (SSSR count). The zero-order valence-corrected chi connectivity index (χ0v) is 4.64. The molecular weight excluding hydrogens is 104 g/mol. The number of ether oxygens (including phenoxy) is 1. The summed E-state index contributed by atoms with van der Waals surface area (Å²) in [7, 11) is 1.57. The molecule has 0 bridgehead atoms. The summed E-state index contributed by atoms with van der Waals surface area (Å²) in [5, 5.41) is 0. The molecule has 0 fully saturated rings. The second kappa shape index (κ2) is 1.78. The highest BCUT2D eigenvalue weighted by atomic mass is 16.5. The van der Waals surface area contributed by atoms with E-state index in [-0.39, 0.29) is 0 Å². The van der Waals surface area contributed by atoms with E-state index in [1.165, 1.54) is 0 Å². The van der Waals surface area contributed by atoms with Crippen LogP contribution < -0.4 is 10.5 Å². The Labute approximate surface area is 47.5 Å². The van der Waals surface area contributed by atoms with Crippen molar-refractivity contribution in [1.82, 2.24) is 4.98 Å². The molecule has 0 saturated heterocycles. The Morgan fingerprint density at radius 3 is 2.75 bits per heavy atom. The van der Waals surface area contributed by atoms with Gasteiger partial charge in [-0.15, -0.1) is 0 Å². The average Bonchev–Trinajstić information content (AvgIpc) is 2.14. The minimum Gasteiger partial charge on any atom is -0.481 e. The van der Waals surface area contributed by atoms with Gasteiger partial charge < -0.3 is 15.5 Å². The average molecular weight is 112 g/mol. The van der Waals surface area contributed by atoms with E-state index in [9.17, 15) is 0 Å². The summed E-state index contributed by atoms with van der Waals surface area (Å²) in [5.74, 6) is 0.630. The van der Waals surface area contributed by atoms with E-state index in [2.05, 4.69) is 4.98 Å². The van der Waals surface area contributed by atoms with Crippen LogP contribution in [0.2, 0.25) is 0 Å². The molecule has 1 heterocycles. The van der Waals surface area contributed by atoms with Gasteiger partial charge in [-0.2, -0.15) is 0 Å². The summed E-state index contributed by atoms with van der Waals surface area (Å²) < 4.78 is 4.80. The monoisotopic (exact) mass is 112 g/mol. The van der Waals surface area contributed by atoms with Crippen molar-refractivity contribution >= 4 is 5.69 Å². The van der Waals surface area contributed by atoms with Crippen LogP contribution in [-0.4, -0.2) is 12.1 Å². The minimum absolute atomic E-state index is 0.630. The second-order valence-electron chi connectivity index (χ2n) is 1.47. The van der Waals surface area contributed by atoms with Crippen LogP contribution in [0.4, 0.5) is 5.69 Å². The zero-order valence-electron chi connectivity index (χ0n) is 4.64. The standard InChI is InChI=1S/C5H8N2O/c1-8-5-4(6)2-3-7-5/h2-3,7H,6H2,1H3. The van der Waals surface area contributed by atoms with Gasteiger partial charge in [0.05, 0.1) is 12.8 Å². The smallest absolute Gasteiger partial charge is 0.214 e. The molecule has 44 valence electrons. The summed E-state index contributed by atoms with van der Waals surface area (Å²) in [6, 6.07) is 1.75. The summed E-state index contributed by atoms with van der Waals surface area (Å²) in [5.41, 5.74) is 6.04. The van der Waals surface area contributed by atoms with Crippen LogP contribution in [0.25, 0.3) is 0 Å². The Hall–Kier alpha value is -1.12. The van der Waals surface area contributed by atoms with Crippen molar-refractivity contribution in [3.8, 4) is 5.88 Å². The molecule has 3 N–H and O–H groups in total. The van der Waals surface area contributed by atoms with Gasteiger partial charge in [0.25, 0.3) is 0 Å². The van der Waals surface area contributed by atoms with Gasteiger partial charge in [0.1, 0.15) is 0 Å². The minimum atomic E-state index is 0.630. The van der Waals surface area contributed by atoms with Gasteiger partial charge in [-0.05, 0) is 6.07 Å². The van der Waals surface area contributed by atoms with Crippen LogP contribution in [0, 0.1) is 0 Å². The maximum atomic E-state index is 5.39. The lowest BCUT2D eigenvalue weighted by Gasteiger charge is -1.93. The molecule has 3 nitrogen and oxygen atoms in total. The highest BCUT2D eigenvalue weighted by Crippen LogP contribution is 2.15. The fraction of sp³-hybridized carbons (Fsp3) is 0.200. The number of anilines is 1. The van der Waals surface area contributed by atoms with Crippen molar-refractivity contribution in [3.63, 3.8) is 0 Å². The molecule has 0 spiro atoms. The van der Waals surface area contributed by atoms with E-state index in [0.717, 1.165) is 0 Å². The first-order valence-corrected chi connectivity index (χ1v) is 2.31. The van der Waals surface area contributed by atoms with Crippen LogP contribution in [0.3, 0.4) is 0 Å². The van der Waals surface area contributed by atoms with Crippen LogP contribution in [-0.2, 0) is 0 Å². The number of nitrogens with two attached hydrogens (primary N) is 1. The molecule has 0 aromatic carbocycles. The van der Waals surface area contributed by atoms with Gasteiger partial charge >= 0.3 is 0 Å². The predicted molar refractivity (Wildman–Crippen MR) is 31.8 cm³/mol. The molecule has 3 heteroatoms. The Bertz CT molecular complexity index is 171. The lowest BCUT2D eigenvalue weighted by atomic mass is 10.5. The van der Waals surface area contributed by atoms with E-state index in [4.69, 9.17) is 10.5 Å². The van der Waals surface area contributed by atoms with Gasteiger partial charge in [-0.25, -0.2) is 0 Å². The van der Waals surface area contributed by atoms with Gasteiger partial charge in [-0.3, -0.25) is 0 Å². The molecule has 8 heavy (non-hydrogen) atoms. The third kappa shape index (κ3) is 0.621. The molecule has 0 atom stereocenters. The van der Waals surface area contributed by atoms with Gasteiger partial charge in [0.15, 0.2) is 0 Å². The van der Waals surface area contributed by atoms with Crippen molar-refractivity contribution in [2.45, 2.75) is 0 Å². The first kappa shape index (κ1) is 5.03. The number of hydrogen-bond acceptors (Lipinski definition) is 2. The van der Waals surface area contributed by atoms with Crippen LogP contribution in [0.5, 0.6) is 5.88 Å². The van der Waals surface area contributed by atoms with Crippen molar-refractivity contribution in [1.29, 1.82) is 0 Å². The SMILES string of the molecule is COc1[nH]ccc1N. The number of aromatic nitrogens is 1. The maximum absolute atomic E-state index is 5.39. The van der Waals surface area contributed by atoms with E-state index in [0.29, 0.717) is 11.6 Å². The number of methoxy groups -OCH3 is 1. The molecule has 0 unspecified atom stereocenters. The number of nitrogens with one attached hydrogen (secondary N) is 1. The highest BCUT2D eigenvalue weighted by Gasteiger charge is 1.94. The van der Waals surface area contributed by atoms with Gasteiger partial charge in [0.2, 0.25) is 5.88 Å². The van der Waals surface area contributed by atoms with Crippen LogP contribution >= 0.6 is 0 Å². The predicted octanol–water partition coefficient (Wildman–Crippen LogP) is 0.605. The molecule has 0 saturated carbocycles. The molecule has 0 aliphatic rings. The largest absolute Gasteiger partial charge is 0.481 e. The molecule has 0 radical (unpaired) electrons. The molecule has 0 aliphatic heterocycles. The molecule has 0 aliphatic carbocycles. The molecule has 0 amide bonds. The third-order valence-corrected chi connectivity index (χ3v) is 0.944. The summed E-state index contributed by atoms with van der Waals surface area (Å²) in [6.07, 6.45) is 1.73. The summed E-state index contributed by atoms with van der Waals surface area (Å²) in [4.78, 5) is 2.81. The first-order chi connectivity index (χ1) is 3.84. The Kier molecular flexibility index (Phi) is 1.12. The van der Waals surface area contributed by atoms with Crippen LogP contribution in [0.15, 0.2) is 12.3 Å². The fourth-order valence-electron chi connectivity index (χ4n) is 0.543. The Balaban J connectivity index is 2.92. The third-order valence-electron chi connectivity index (χ3n) is 0.944. The number of rotatable bonds is 1. The van der Waals surface area contributed by atoms with E-state index in [1.807, 2.05) is 0 Å². The quantitative estimate of drug-likeness (QED) is 0.559. The van der Waals surface area contributed by atoms with Crippen molar-refractivity contribution in [2.75, 3.05) is 12.8 Å². The summed E-state index contributed by atoms with van der Waals surface area (Å²) in [6.45, 7) is 0. The number of H-pyrrole nitrogens is 1. The van der Waals surface area contributed by atoms with E-state index in [1.54, 1.807) is 19.4 Å². The van der Waals surface area contributed by atoms with E-state index < -0.39 is 0 Å². The molecular formula is C5H8N2O. The van der Waals surface area contributed by atoms with E-state index >= 15 is 0 Å². The maximum Gasteiger partial charge on any atom is 0.214 e. The van der Waals surface area contributed by atoms with Gasteiger partial charge in [0, 0.05) is 6.20 Å². The Morgan fingerprint density at radius 1 is 1.75 bits per heavy atom. The fourth-order valence-corrected chi connectivity index (χ4v) is 0.543.